The molecule has 2 aliphatic carbocycles. The lowest BCUT2D eigenvalue weighted by Crippen LogP contribution is -2.28. The first-order chi connectivity index (χ1) is 54.8. The molecule has 0 bridgehead atoms. The van der Waals surface area contributed by atoms with Crippen molar-refractivity contribution >= 4 is 65.2 Å². The summed E-state index contributed by atoms with van der Waals surface area (Å²) in [7, 11) is 0. The molecule has 0 spiro atoms. The Morgan fingerprint density at radius 1 is 0.198 bits per heavy atom. The molecule has 0 saturated heterocycles. The Morgan fingerprint density at radius 2 is 0.532 bits per heavy atom. The van der Waals surface area contributed by atoms with Crippen molar-refractivity contribution < 1.29 is 0 Å². The zero-order valence-corrected chi connectivity index (χ0v) is 61.7. The zero-order chi connectivity index (χ0) is 73.5. The summed E-state index contributed by atoms with van der Waals surface area (Å²) in [6.07, 6.45) is 0. The van der Waals surface area contributed by atoms with Crippen molar-refractivity contribution in [3.05, 3.63) is 457 Å². The molecule has 0 aliphatic heterocycles. The van der Waals surface area contributed by atoms with Crippen LogP contribution in [0.4, 0.5) is 0 Å². The lowest BCUT2D eigenvalue weighted by atomic mass is 9.67. The van der Waals surface area contributed by atoms with Gasteiger partial charge in [-0.25, -0.2) is 0 Å². The number of aromatic nitrogens is 2. The van der Waals surface area contributed by atoms with E-state index in [2.05, 4.69) is 429 Å². The van der Waals surface area contributed by atoms with Crippen LogP contribution in [-0.4, -0.2) is 9.13 Å². The topological polar surface area (TPSA) is 9.86 Å². The van der Waals surface area contributed by atoms with Gasteiger partial charge in [0.15, 0.2) is 0 Å². The number of benzene rings is 18. The summed E-state index contributed by atoms with van der Waals surface area (Å²) >= 11 is 0. The van der Waals surface area contributed by atoms with Crippen molar-refractivity contribution in [3.63, 3.8) is 0 Å². The Balaban J connectivity index is 0.667. The average molecular weight is 1410 g/mol. The van der Waals surface area contributed by atoms with Crippen molar-refractivity contribution in [2.24, 2.45) is 0 Å². The van der Waals surface area contributed by atoms with Gasteiger partial charge in [0.1, 0.15) is 0 Å². The molecule has 0 radical (unpaired) electrons. The molecule has 0 saturated carbocycles. The molecular formula is C109H74N2. The Bertz CT molecular complexity index is 7060. The number of hydrogen-bond donors (Lipinski definition) is 0. The summed E-state index contributed by atoms with van der Waals surface area (Å²) in [6, 6.07) is 154. The second-order valence-corrected chi connectivity index (χ2v) is 30.8. The molecule has 111 heavy (non-hydrogen) atoms. The fraction of sp³-hybridized carbons (Fsp3) is 0.0459. The summed E-state index contributed by atoms with van der Waals surface area (Å²) < 4.78 is 4.99. The van der Waals surface area contributed by atoms with Crippen LogP contribution in [0, 0.1) is 0 Å². The van der Waals surface area contributed by atoms with Crippen LogP contribution in [-0.2, 0) is 10.8 Å². The molecular weight excluding hydrogens is 1340 g/mol. The molecule has 20 aromatic rings. The smallest absolute Gasteiger partial charge is 0.0713 e. The minimum atomic E-state index is -0.619. The quantitative estimate of drug-likeness (QED) is 0.115. The number of para-hydroxylation sites is 3. The Morgan fingerprint density at radius 3 is 1.03 bits per heavy atom. The molecule has 2 heteroatoms. The number of hydrogen-bond acceptors (Lipinski definition) is 0. The summed E-state index contributed by atoms with van der Waals surface area (Å²) in [5.41, 5.74) is 34.1. The molecule has 1 unspecified atom stereocenters. The van der Waals surface area contributed by atoms with E-state index in [1.54, 1.807) is 0 Å². The third-order valence-electron chi connectivity index (χ3n) is 24.6. The first-order valence-electron chi connectivity index (χ1n) is 38.9. The van der Waals surface area contributed by atoms with Crippen molar-refractivity contribution in [2.75, 3.05) is 0 Å². The summed E-state index contributed by atoms with van der Waals surface area (Å²) in [5.74, 6) is 0.321. The molecule has 2 aliphatic rings. The van der Waals surface area contributed by atoms with Crippen LogP contribution in [0.5, 0.6) is 0 Å². The van der Waals surface area contributed by atoms with Crippen LogP contribution < -0.4 is 0 Å². The van der Waals surface area contributed by atoms with Crippen LogP contribution in [0.2, 0.25) is 0 Å². The van der Waals surface area contributed by atoms with E-state index in [4.69, 9.17) is 0 Å². The maximum atomic E-state index is 2.52. The minimum absolute atomic E-state index is 0.321. The molecule has 520 valence electrons. The molecule has 22 rings (SSSR count). The molecule has 0 fully saturated rings. The van der Waals surface area contributed by atoms with Crippen LogP contribution in [0.1, 0.15) is 69.8 Å². The van der Waals surface area contributed by atoms with Gasteiger partial charge in [0.2, 0.25) is 0 Å². The SMILES string of the molecule is CC(C)c1cc(-c2ccc3c(c2)C(c2ccccc2)(c2ccc(-c4ccc5c(c4)c4ccccc4n5-c4cc(-c5ccc6c(c5)C(c5ccccc5)(c5ccccc5)c5ccccc5-6)cc(-n5c6ccccc6c6ccccc65)c4)cc2)c2ccccc2-3)cc(-c2ccc3cc(-c4ccc5ccccc5c4)ccc3c2)c1. The standard InChI is InChI=1S/C109H74N2/c1-70(2)82-61-83(78-47-46-76-59-75(44-45-77(76)60-78)74-43-42-71-24-12-13-25-73(71)58-74)63-84(62-82)80-50-55-95-93-33-15-20-38-101(93)109(103(95)67-80,88-30-10-5-11-31-88)89-53-48-72(49-54-89)79-52-57-107-99(66-79)98-36-18-23-41-106(98)111(107)91-65-85(64-90(69-91)110-104-39-21-16-34-96(104)97-35-17-22-40-105(97)110)81-51-56-94-92-32-14-19-37-100(92)108(102(94)68-81,86-26-6-3-7-27-86)87-28-8-4-9-29-87/h3-70H,1-2H3. The second-order valence-electron chi connectivity index (χ2n) is 30.8. The molecule has 2 aromatic heterocycles. The van der Waals surface area contributed by atoms with Crippen LogP contribution in [0.3, 0.4) is 0 Å². The van der Waals surface area contributed by atoms with Gasteiger partial charge in [-0.05, 0) is 240 Å². The summed E-state index contributed by atoms with van der Waals surface area (Å²) in [6.45, 7) is 4.63. The fourth-order valence-corrected chi connectivity index (χ4v) is 19.4. The monoisotopic (exact) mass is 1410 g/mol. The summed E-state index contributed by atoms with van der Waals surface area (Å²) in [4.78, 5) is 0. The van der Waals surface area contributed by atoms with Gasteiger partial charge in [0.05, 0.1) is 32.9 Å². The molecule has 2 nitrogen and oxygen atoms in total. The van der Waals surface area contributed by atoms with Crippen molar-refractivity contribution in [1.29, 1.82) is 0 Å². The van der Waals surface area contributed by atoms with E-state index in [1.165, 1.54) is 160 Å². The zero-order valence-electron chi connectivity index (χ0n) is 61.7. The Hall–Kier alpha value is -13.9. The third-order valence-corrected chi connectivity index (χ3v) is 24.6. The highest BCUT2D eigenvalue weighted by Crippen LogP contribution is 2.59. The Labute approximate surface area is 646 Å². The number of nitrogens with zero attached hydrogens (tertiary/aromatic N) is 2. The predicted octanol–water partition coefficient (Wildman–Crippen LogP) is 28.4. The molecule has 0 N–H and O–H groups in total. The maximum absolute atomic E-state index is 2.52. The van der Waals surface area contributed by atoms with Crippen molar-refractivity contribution in [2.45, 2.75) is 30.6 Å². The molecule has 0 amide bonds. The molecule has 2 heterocycles. The normalized spacial score (nSPS) is 14.0. The minimum Gasteiger partial charge on any atom is -0.309 e. The second kappa shape index (κ2) is 25.4. The largest absolute Gasteiger partial charge is 0.309 e. The lowest BCUT2D eigenvalue weighted by molar-refractivity contribution is 0.769. The van der Waals surface area contributed by atoms with Gasteiger partial charge < -0.3 is 9.13 Å². The first-order valence-corrected chi connectivity index (χ1v) is 38.9. The highest BCUT2D eigenvalue weighted by atomic mass is 15.0. The van der Waals surface area contributed by atoms with Gasteiger partial charge in [-0.15, -0.1) is 0 Å². The van der Waals surface area contributed by atoms with E-state index >= 15 is 0 Å². The van der Waals surface area contributed by atoms with Crippen LogP contribution in [0.25, 0.3) is 154 Å². The van der Waals surface area contributed by atoms with Gasteiger partial charge in [-0.2, -0.15) is 0 Å². The fourth-order valence-electron chi connectivity index (χ4n) is 19.4. The number of fused-ring (bicyclic) bond motifs is 14. The van der Waals surface area contributed by atoms with Gasteiger partial charge >= 0.3 is 0 Å². The van der Waals surface area contributed by atoms with Gasteiger partial charge in [0.25, 0.3) is 0 Å². The van der Waals surface area contributed by atoms with Crippen molar-refractivity contribution in [3.8, 4) is 89.3 Å². The Kier molecular flexibility index (Phi) is 14.7. The number of rotatable bonds is 12. The predicted molar refractivity (Wildman–Crippen MR) is 466 cm³/mol. The van der Waals surface area contributed by atoms with E-state index in [9.17, 15) is 0 Å². The van der Waals surface area contributed by atoms with Gasteiger partial charge in [-0.3, -0.25) is 0 Å². The van der Waals surface area contributed by atoms with Crippen molar-refractivity contribution in [1.82, 2.24) is 9.13 Å². The highest BCUT2D eigenvalue weighted by Gasteiger charge is 2.48. The van der Waals surface area contributed by atoms with E-state index in [-0.39, 0.29) is 0 Å². The first kappa shape index (κ1) is 64.3. The van der Waals surface area contributed by atoms with Crippen LogP contribution >= 0.6 is 0 Å². The van der Waals surface area contributed by atoms with E-state index in [0.717, 1.165) is 44.7 Å². The van der Waals surface area contributed by atoms with E-state index < -0.39 is 10.8 Å². The lowest BCUT2D eigenvalue weighted by Gasteiger charge is -2.34. The third kappa shape index (κ3) is 9.97. The molecule has 18 aromatic carbocycles. The summed E-state index contributed by atoms with van der Waals surface area (Å²) in [5, 5.41) is 9.84. The highest BCUT2D eigenvalue weighted by molar-refractivity contribution is 6.12. The van der Waals surface area contributed by atoms with Crippen LogP contribution in [0.15, 0.2) is 406 Å². The van der Waals surface area contributed by atoms with E-state index in [0.29, 0.717) is 5.92 Å². The maximum Gasteiger partial charge on any atom is 0.0713 e. The van der Waals surface area contributed by atoms with E-state index in [1.807, 2.05) is 0 Å². The van der Waals surface area contributed by atoms with Gasteiger partial charge in [0, 0.05) is 32.9 Å². The molecule has 1 atom stereocenters. The average Bonchev–Trinajstić information content (AvgIpc) is 1.55. The van der Waals surface area contributed by atoms with Gasteiger partial charge in [-0.1, -0.05) is 335 Å².